The first kappa shape index (κ1) is 23.5. The largest absolute Gasteiger partial charge is 0.435 e. The first-order valence-corrected chi connectivity index (χ1v) is 11.9. The lowest BCUT2D eigenvalue weighted by molar-refractivity contribution is 0.0731. The predicted octanol–water partition coefficient (Wildman–Crippen LogP) is 5.55. The molecule has 2 heterocycles. The summed E-state index contributed by atoms with van der Waals surface area (Å²) < 4.78 is 20.5. The average Bonchev–Trinajstić information content (AvgIpc) is 2.90. The van der Waals surface area contributed by atoms with E-state index in [1.165, 1.54) is 6.07 Å². The second kappa shape index (κ2) is 10.2. The molecule has 7 heteroatoms. The van der Waals surface area contributed by atoms with Crippen LogP contribution in [-0.4, -0.2) is 34.4 Å². The Labute approximate surface area is 210 Å². The highest BCUT2D eigenvalue weighted by Gasteiger charge is 2.28. The first-order chi connectivity index (χ1) is 17.5. The Morgan fingerprint density at radius 1 is 1.03 bits per heavy atom. The predicted molar refractivity (Wildman–Crippen MR) is 137 cm³/mol. The number of ether oxygens (including phenoxy) is 1. The molecule has 0 radical (unpaired) electrons. The highest BCUT2D eigenvalue weighted by molar-refractivity contribution is 5.94. The molecule has 0 saturated heterocycles. The minimum Gasteiger partial charge on any atom is -0.435 e. The van der Waals surface area contributed by atoms with Gasteiger partial charge in [-0.25, -0.2) is 9.37 Å². The number of hydrogen-bond acceptors (Lipinski definition) is 5. The van der Waals surface area contributed by atoms with Crippen LogP contribution in [0.25, 0.3) is 0 Å². The van der Waals surface area contributed by atoms with Crippen molar-refractivity contribution in [2.75, 3.05) is 18.5 Å². The summed E-state index contributed by atoms with van der Waals surface area (Å²) in [6.45, 7) is 3.38. The third-order valence-electron chi connectivity index (χ3n) is 6.21. The molecule has 4 aromatic rings. The summed E-state index contributed by atoms with van der Waals surface area (Å²) in [5.41, 5.74) is 4.28. The smallest absolute Gasteiger partial charge is 0.254 e. The highest BCUT2D eigenvalue weighted by Crippen LogP contribution is 2.33. The van der Waals surface area contributed by atoms with Crippen molar-refractivity contribution in [3.05, 3.63) is 113 Å². The first-order valence-electron chi connectivity index (χ1n) is 11.9. The van der Waals surface area contributed by atoms with Crippen LogP contribution in [0.5, 0.6) is 11.6 Å². The molecule has 0 bridgehead atoms. The van der Waals surface area contributed by atoms with Gasteiger partial charge in [-0.3, -0.25) is 4.79 Å². The number of aromatic nitrogens is 2. The van der Waals surface area contributed by atoms with Gasteiger partial charge in [0.05, 0.1) is 17.8 Å². The molecule has 1 aromatic heterocycles. The zero-order chi connectivity index (χ0) is 25.1. The summed E-state index contributed by atoms with van der Waals surface area (Å²) in [5, 5.41) is 0. The number of benzene rings is 3. The van der Waals surface area contributed by atoms with Gasteiger partial charge in [0, 0.05) is 32.1 Å². The van der Waals surface area contributed by atoms with Crippen LogP contribution in [0.3, 0.4) is 0 Å². The fourth-order valence-electron chi connectivity index (χ4n) is 4.32. The molecule has 5 rings (SSSR count). The summed E-state index contributed by atoms with van der Waals surface area (Å²) in [6, 6.07) is 23.8. The number of carbonyl (C=O) groups excluding carboxylic acids is 1. The van der Waals surface area contributed by atoms with Crippen LogP contribution in [0.15, 0.2) is 78.9 Å². The quantitative estimate of drug-likeness (QED) is 0.361. The molecule has 3 aromatic carbocycles. The number of anilines is 1. The van der Waals surface area contributed by atoms with Crippen molar-refractivity contribution in [3.63, 3.8) is 0 Å². The number of rotatable bonds is 6. The molecule has 36 heavy (non-hydrogen) atoms. The maximum Gasteiger partial charge on any atom is 0.254 e. The van der Waals surface area contributed by atoms with Gasteiger partial charge in [0.25, 0.3) is 5.91 Å². The van der Waals surface area contributed by atoms with Crippen molar-refractivity contribution in [1.82, 2.24) is 14.9 Å². The number of carbonyl (C=O) groups is 1. The SMILES string of the molecule is Cc1cccc(C(=O)N2CCc3nc(N(C)Cc4ccccc4)nc(Oc4ccccc4F)c3C2)c1. The molecule has 0 N–H and O–H groups in total. The fraction of sp³-hybridized carbons (Fsp3) is 0.207. The van der Waals surface area contributed by atoms with E-state index in [1.54, 1.807) is 23.1 Å². The number of fused-ring (bicyclic) bond motifs is 1. The Morgan fingerprint density at radius 2 is 1.81 bits per heavy atom. The van der Waals surface area contributed by atoms with Crippen molar-refractivity contribution in [2.24, 2.45) is 0 Å². The molecule has 1 aliphatic heterocycles. The van der Waals surface area contributed by atoms with Gasteiger partial charge in [-0.05, 0) is 36.8 Å². The Bertz CT molecular complexity index is 1390. The fourth-order valence-corrected chi connectivity index (χ4v) is 4.32. The minimum atomic E-state index is -0.479. The summed E-state index contributed by atoms with van der Waals surface area (Å²) in [7, 11) is 1.91. The number of amides is 1. The highest BCUT2D eigenvalue weighted by atomic mass is 19.1. The number of hydrogen-bond donors (Lipinski definition) is 0. The van der Waals surface area contributed by atoms with Crippen LogP contribution >= 0.6 is 0 Å². The summed E-state index contributed by atoms with van der Waals surface area (Å²) in [6.07, 6.45) is 0.551. The Balaban J connectivity index is 1.49. The van der Waals surface area contributed by atoms with E-state index in [4.69, 9.17) is 9.72 Å². The van der Waals surface area contributed by atoms with Gasteiger partial charge in [-0.15, -0.1) is 0 Å². The minimum absolute atomic E-state index is 0.0635. The molecule has 1 aliphatic rings. The molecule has 6 nitrogen and oxygen atoms in total. The number of para-hydroxylation sites is 1. The lowest BCUT2D eigenvalue weighted by atomic mass is 10.0. The second-order valence-corrected chi connectivity index (χ2v) is 8.97. The van der Waals surface area contributed by atoms with E-state index in [0.29, 0.717) is 36.6 Å². The Hall–Kier alpha value is -4.26. The van der Waals surface area contributed by atoms with Gasteiger partial charge in [0.1, 0.15) is 0 Å². The summed E-state index contributed by atoms with van der Waals surface area (Å²) in [4.78, 5) is 26.4. The summed E-state index contributed by atoms with van der Waals surface area (Å²) in [5.74, 6) is 0.292. The lowest BCUT2D eigenvalue weighted by Crippen LogP contribution is -2.37. The van der Waals surface area contributed by atoms with Crippen molar-refractivity contribution < 1.29 is 13.9 Å². The molecule has 0 fully saturated rings. The van der Waals surface area contributed by atoms with Crippen LogP contribution in [-0.2, 0) is 19.5 Å². The van der Waals surface area contributed by atoms with E-state index in [0.717, 1.165) is 16.8 Å². The normalized spacial score (nSPS) is 12.7. The maximum atomic E-state index is 14.5. The van der Waals surface area contributed by atoms with Crippen LogP contribution in [0, 0.1) is 12.7 Å². The van der Waals surface area contributed by atoms with Crippen molar-refractivity contribution in [1.29, 1.82) is 0 Å². The van der Waals surface area contributed by atoms with E-state index < -0.39 is 5.82 Å². The Morgan fingerprint density at radius 3 is 2.58 bits per heavy atom. The summed E-state index contributed by atoms with van der Waals surface area (Å²) >= 11 is 0. The monoisotopic (exact) mass is 482 g/mol. The van der Waals surface area contributed by atoms with Crippen molar-refractivity contribution in [3.8, 4) is 11.6 Å². The van der Waals surface area contributed by atoms with Gasteiger partial charge in [0.15, 0.2) is 11.6 Å². The van der Waals surface area contributed by atoms with Gasteiger partial charge in [-0.2, -0.15) is 4.98 Å². The van der Waals surface area contributed by atoms with Crippen LogP contribution < -0.4 is 9.64 Å². The molecule has 0 unspecified atom stereocenters. The van der Waals surface area contributed by atoms with Gasteiger partial charge in [-0.1, -0.05) is 60.2 Å². The van der Waals surface area contributed by atoms with Gasteiger partial charge in [0.2, 0.25) is 11.8 Å². The van der Waals surface area contributed by atoms with E-state index in [-0.39, 0.29) is 24.1 Å². The van der Waals surface area contributed by atoms with Gasteiger partial charge >= 0.3 is 0 Å². The molecule has 0 spiro atoms. The molecular formula is C29H27FN4O2. The molecule has 182 valence electrons. The topological polar surface area (TPSA) is 58.6 Å². The van der Waals surface area contributed by atoms with Crippen molar-refractivity contribution in [2.45, 2.75) is 26.4 Å². The third-order valence-corrected chi connectivity index (χ3v) is 6.21. The maximum absolute atomic E-state index is 14.5. The zero-order valence-electron chi connectivity index (χ0n) is 20.3. The number of nitrogens with zero attached hydrogens (tertiary/aromatic N) is 4. The molecule has 0 aliphatic carbocycles. The zero-order valence-corrected chi connectivity index (χ0v) is 20.3. The van der Waals surface area contributed by atoms with E-state index in [2.05, 4.69) is 4.98 Å². The van der Waals surface area contributed by atoms with Crippen LogP contribution in [0.4, 0.5) is 10.3 Å². The van der Waals surface area contributed by atoms with E-state index in [9.17, 15) is 9.18 Å². The molecular weight excluding hydrogens is 455 g/mol. The number of aryl methyl sites for hydroxylation is 1. The number of halogens is 1. The van der Waals surface area contributed by atoms with E-state index >= 15 is 0 Å². The standard InChI is InChI=1S/C29H27FN4O2/c1-20-9-8-12-22(17-20)28(35)34-16-15-25-23(19-34)27(36-26-14-7-6-13-24(26)30)32-29(31-25)33(2)18-21-10-4-3-5-11-21/h3-14,17H,15-16,18-19H2,1-2H3. The second-order valence-electron chi connectivity index (χ2n) is 8.97. The third kappa shape index (κ3) is 5.05. The van der Waals surface area contributed by atoms with Crippen molar-refractivity contribution >= 4 is 11.9 Å². The van der Waals surface area contributed by atoms with E-state index in [1.807, 2.05) is 73.5 Å². The Kier molecular flexibility index (Phi) is 6.62. The molecule has 1 amide bonds. The van der Waals surface area contributed by atoms with Gasteiger partial charge < -0.3 is 14.5 Å². The average molecular weight is 483 g/mol. The molecule has 0 atom stereocenters. The van der Waals surface area contributed by atoms with Crippen LogP contribution in [0.2, 0.25) is 0 Å². The lowest BCUT2D eigenvalue weighted by Gasteiger charge is -2.30. The molecule has 0 saturated carbocycles. The van der Waals surface area contributed by atoms with Crippen LogP contribution in [0.1, 0.15) is 32.7 Å².